The number of benzene rings is 1. The summed E-state index contributed by atoms with van der Waals surface area (Å²) in [5, 5.41) is 4.41. The number of anilines is 1. The van der Waals surface area contributed by atoms with Crippen LogP contribution in [0.5, 0.6) is 0 Å². The third kappa shape index (κ3) is 3.00. The molecule has 0 bridgehead atoms. The van der Waals surface area contributed by atoms with E-state index in [9.17, 15) is 0 Å². The molecule has 4 nitrogen and oxygen atoms in total. The Bertz CT molecular complexity index is 627. The topological polar surface area (TPSA) is 41.1 Å². The predicted octanol–water partition coefficient (Wildman–Crippen LogP) is 3.56. The predicted molar refractivity (Wildman–Crippen MR) is 90.5 cm³/mol. The van der Waals surface area contributed by atoms with Gasteiger partial charge in [-0.15, -0.1) is 0 Å². The van der Waals surface area contributed by atoms with Crippen LogP contribution in [0.3, 0.4) is 0 Å². The standard InChI is InChI=1S/C15H21ClN4S/c1-9(2)6-11-8-20(10(3)7-17-11)15-12(16)4-5-13-14(15)19-21-18-13/h4-5,9-11,17H,6-8H2,1-3H3. The molecule has 1 aromatic carbocycles. The number of nitrogens with zero attached hydrogens (tertiary/aromatic N) is 3. The van der Waals surface area contributed by atoms with E-state index < -0.39 is 0 Å². The number of aromatic nitrogens is 2. The maximum atomic E-state index is 6.49. The molecule has 1 N–H and O–H groups in total. The number of fused-ring (bicyclic) bond motifs is 1. The molecule has 1 saturated heterocycles. The summed E-state index contributed by atoms with van der Waals surface area (Å²) < 4.78 is 8.80. The Balaban J connectivity index is 1.95. The molecule has 0 radical (unpaired) electrons. The summed E-state index contributed by atoms with van der Waals surface area (Å²) in [7, 11) is 0. The van der Waals surface area contributed by atoms with Gasteiger partial charge in [0.1, 0.15) is 11.0 Å². The summed E-state index contributed by atoms with van der Waals surface area (Å²) in [6, 6.07) is 4.79. The number of piperazine rings is 1. The summed E-state index contributed by atoms with van der Waals surface area (Å²) in [5.74, 6) is 0.685. The van der Waals surface area contributed by atoms with E-state index in [2.05, 4.69) is 39.7 Å². The van der Waals surface area contributed by atoms with Crippen molar-refractivity contribution < 1.29 is 0 Å². The fourth-order valence-corrected chi connectivity index (χ4v) is 3.85. The largest absolute Gasteiger partial charge is 0.363 e. The molecule has 0 aliphatic carbocycles. The second kappa shape index (κ2) is 6.07. The van der Waals surface area contributed by atoms with Crippen LogP contribution in [0.25, 0.3) is 11.0 Å². The fraction of sp³-hybridized carbons (Fsp3) is 0.600. The van der Waals surface area contributed by atoms with Gasteiger partial charge in [-0.3, -0.25) is 0 Å². The van der Waals surface area contributed by atoms with Crippen molar-refractivity contribution in [3.8, 4) is 0 Å². The number of hydrogen-bond donors (Lipinski definition) is 1. The first-order valence-electron chi connectivity index (χ1n) is 7.47. The molecule has 1 aliphatic rings. The van der Waals surface area contributed by atoms with Crippen LogP contribution in [0.1, 0.15) is 27.2 Å². The van der Waals surface area contributed by atoms with Crippen LogP contribution < -0.4 is 10.2 Å². The fourth-order valence-electron chi connectivity index (χ4n) is 3.05. The maximum Gasteiger partial charge on any atom is 0.129 e. The second-order valence-electron chi connectivity index (χ2n) is 6.26. The Labute approximate surface area is 134 Å². The average Bonchev–Trinajstić information content (AvgIpc) is 2.89. The Morgan fingerprint density at radius 2 is 2.24 bits per heavy atom. The molecule has 3 rings (SSSR count). The van der Waals surface area contributed by atoms with E-state index >= 15 is 0 Å². The van der Waals surface area contributed by atoms with Gasteiger partial charge < -0.3 is 10.2 Å². The summed E-state index contributed by atoms with van der Waals surface area (Å²) in [6.07, 6.45) is 1.17. The lowest BCUT2D eigenvalue weighted by atomic mass is 9.99. The number of nitrogens with one attached hydrogen (secondary N) is 1. The van der Waals surface area contributed by atoms with Crippen molar-refractivity contribution in [1.29, 1.82) is 0 Å². The zero-order chi connectivity index (χ0) is 15.0. The van der Waals surface area contributed by atoms with Gasteiger partial charge in [-0.05, 0) is 31.4 Å². The average molecular weight is 325 g/mol. The third-order valence-corrected chi connectivity index (χ3v) is 4.89. The molecule has 1 fully saturated rings. The highest BCUT2D eigenvalue weighted by Crippen LogP contribution is 2.35. The zero-order valence-corrected chi connectivity index (χ0v) is 14.2. The normalized spacial score (nSPS) is 23.2. The number of hydrogen-bond acceptors (Lipinski definition) is 5. The van der Waals surface area contributed by atoms with Gasteiger partial charge in [0.05, 0.1) is 22.4 Å². The van der Waals surface area contributed by atoms with Crippen LogP contribution in [0.4, 0.5) is 5.69 Å². The Hall–Kier alpha value is -0.910. The van der Waals surface area contributed by atoms with Crippen LogP contribution >= 0.6 is 23.3 Å². The van der Waals surface area contributed by atoms with E-state index in [0.29, 0.717) is 18.0 Å². The highest BCUT2D eigenvalue weighted by atomic mass is 35.5. The van der Waals surface area contributed by atoms with Gasteiger partial charge in [0.2, 0.25) is 0 Å². The first-order chi connectivity index (χ1) is 10.1. The van der Waals surface area contributed by atoms with Gasteiger partial charge in [-0.25, -0.2) is 0 Å². The van der Waals surface area contributed by atoms with Crippen molar-refractivity contribution in [3.63, 3.8) is 0 Å². The van der Waals surface area contributed by atoms with Crippen LogP contribution in [-0.2, 0) is 0 Å². The maximum absolute atomic E-state index is 6.49. The van der Waals surface area contributed by atoms with Crippen molar-refractivity contribution in [1.82, 2.24) is 14.1 Å². The molecule has 1 aliphatic heterocycles. The Morgan fingerprint density at radius 3 is 3.00 bits per heavy atom. The quantitative estimate of drug-likeness (QED) is 0.937. The summed E-state index contributed by atoms with van der Waals surface area (Å²) in [6.45, 7) is 8.70. The van der Waals surface area contributed by atoms with Crippen molar-refractivity contribution in [2.75, 3.05) is 18.0 Å². The first-order valence-corrected chi connectivity index (χ1v) is 8.58. The van der Waals surface area contributed by atoms with Gasteiger partial charge in [0.25, 0.3) is 0 Å². The molecule has 21 heavy (non-hydrogen) atoms. The van der Waals surface area contributed by atoms with E-state index in [4.69, 9.17) is 11.6 Å². The molecule has 0 amide bonds. The number of rotatable bonds is 3. The van der Waals surface area contributed by atoms with Gasteiger partial charge in [0.15, 0.2) is 0 Å². The molecule has 2 heterocycles. The molecule has 2 unspecified atom stereocenters. The van der Waals surface area contributed by atoms with Gasteiger partial charge >= 0.3 is 0 Å². The van der Waals surface area contributed by atoms with E-state index in [-0.39, 0.29) is 0 Å². The number of halogens is 1. The molecule has 1 aromatic heterocycles. The molecule has 114 valence electrons. The lowest BCUT2D eigenvalue weighted by Crippen LogP contribution is -2.56. The highest BCUT2D eigenvalue weighted by molar-refractivity contribution is 7.00. The van der Waals surface area contributed by atoms with E-state index in [1.54, 1.807) is 0 Å². The zero-order valence-electron chi connectivity index (χ0n) is 12.6. The van der Waals surface area contributed by atoms with E-state index in [0.717, 1.165) is 34.8 Å². The Morgan fingerprint density at radius 1 is 1.43 bits per heavy atom. The highest BCUT2D eigenvalue weighted by Gasteiger charge is 2.28. The van der Waals surface area contributed by atoms with E-state index in [1.165, 1.54) is 18.1 Å². The van der Waals surface area contributed by atoms with Crippen molar-refractivity contribution in [2.45, 2.75) is 39.3 Å². The van der Waals surface area contributed by atoms with Crippen LogP contribution in [0, 0.1) is 5.92 Å². The summed E-state index contributed by atoms with van der Waals surface area (Å²) in [5.41, 5.74) is 2.92. The van der Waals surface area contributed by atoms with Gasteiger partial charge in [-0.2, -0.15) is 8.75 Å². The van der Waals surface area contributed by atoms with Crippen molar-refractivity contribution >= 4 is 40.0 Å². The molecule has 2 atom stereocenters. The molecule has 2 aromatic rings. The smallest absolute Gasteiger partial charge is 0.129 e. The van der Waals surface area contributed by atoms with Gasteiger partial charge in [0, 0.05) is 25.2 Å². The van der Waals surface area contributed by atoms with Crippen LogP contribution in [0.2, 0.25) is 5.02 Å². The third-order valence-electron chi connectivity index (χ3n) is 4.05. The summed E-state index contributed by atoms with van der Waals surface area (Å²) >= 11 is 7.74. The monoisotopic (exact) mass is 324 g/mol. The minimum Gasteiger partial charge on any atom is -0.363 e. The molecule has 6 heteroatoms. The molecule has 0 spiro atoms. The van der Waals surface area contributed by atoms with E-state index in [1.807, 2.05) is 12.1 Å². The molecular formula is C15H21ClN4S. The lowest BCUT2D eigenvalue weighted by Gasteiger charge is -2.41. The molecular weight excluding hydrogens is 304 g/mol. The first kappa shape index (κ1) is 15.0. The lowest BCUT2D eigenvalue weighted by molar-refractivity contribution is 0.356. The SMILES string of the molecule is CC(C)CC1CN(c2c(Cl)ccc3nsnc23)C(C)CN1. The molecule has 0 saturated carbocycles. The van der Waals surface area contributed by atoms with Crippen LogP contribution in [-0.4, -0.2) is 33.9 Å². The summed E-state index contributed by atoms with van der Waals surface area (Å²) in [4.78, 5) is 2.40. The van der Waals surface area contributed by atoms with Crippen LogP contribution in [0.15, 0.2) is 12.1 Å². The van der Waals surface area contributed by atoms with Crippen molar-refractivity contribution in [3.05, 3.63) is 17.2 Å². The minimum absolute atomic E-state index is 0.401. The van der Waals surface area contributed by atoms with Crippen molar-refractivity contribution in [2.24, 2.45) is 5.92 Å². The van der Waals surface area contributed by atoms with Gasteiger partial charge in [-0.1, -0.05) is 25.4 Å². The minimum atomic E-state index is 0.401. The second-order valence-corrected chi connectivity index (χ2v) is 7.20. The Kier molecular flexibility index (Phi) is 4.33.